The molecule has 0 radical (unpaired) electrons. The molecule has 0 atom stereocenters. The van der Waals surface area contributed by atoms with E-state index in [1.165, 1.54) is 37.2 Å². The average Bonchev–Trinajstić information content (AvgIpc) is 3.20. The van der Waals surface area contributed by atoms with Gasteiger partial charge in [-0.05, 0) is 18.4 Å². The maximum Gasteiger partial charge on any atom is 0.286 e. The van der Waals surface area contributed by atoms with Crippen LogP contribution in [-0.2, 0) is 12.8 Å². The zero-order valence-corrected chi connectivity index (χ0v) is 17.3. The highest BCUT2D eigenvalue weighted by Gasteiger charge is 2.25. The fourth-order valence-electron chi connectivity index (χ4n) is 2.86. The van der Waals surface area contributed by atoms with Crippen molar-refractivity contribution in [3.63, 3.8) is 0 Å². The van der Waals surface area contributed by atoms with Crippen molar-refractivity contribution in [1.29, 1.82) is 0 Å². The summed E-state index contributed by atoms with van der Waals surface area (Å²) in [6, 6.07) is 12.6. The van der Waals surface area contributed by atoms with Crippen LogP contribution in [0.25, 0.3) is 0 Å². The van der Waals surface area contributed by atoms with Gasteiger partial charge in [0, 0.05) is 12.5 Å². The molecule has 1 amide bonds. The number of rotatable bonds is 9. The summed E-state index contributed by atoms with van der Waals surface area (Å²) in [6.45, 7) is 0. The van der Waals surface area contributed by atoms with Crippen molar-refractivity contribution in [2.45, 2.75) is 19.3 Å². The molecule has 156 valence electrons. The highest BCUT2D eigenvalue weighted by molar-refractivity contribution is 7.15. The molecule has 0 saturated carbocycles. The van der Waals surface area contributed by atoms with Gasteiger partial charge < -0.3 is 9.47 Å². The van der Waals surface area contributed by atoms with Gasteiger partial charge in [-0.2, -0.15) is 0 Å². The number of carbonyl (C=O) groups excluding carboxylic acids is 1. The van der Waals surface area contributed by atoms with E-state index in [4.69, 9.17) is 9.47 Å². The van der Waals surface area contributed by atoms with Crippen LogP contribution in [0, 0.1) is 10.1 Å². The molecule has 0 aliphatic heterocycles. The second kappa shape index (κ2) is 9.79. The number of nitrogens with zero attached hydrogens (tertiary/aromatic N) is 3. The smallest absolute Gasteiger partial charge is 0.286 e. The maximum absolute atomic E-state index is 12.6. The van der Waals surface area contributed by atoms with E-state index in [1.54, 1.807) is 0 Å². The Morgan fingerprint density at radius 1 is 1.10 bits per heavy atom. The summed E-state index contributed by atoms with van der Waals surface area (Å²) in [6.07, 6.45) is 2.53. The number of anilines is 1. The number of amides is 1. The van der Waals surface area contributed by atoms with Crippen molar-refractivity contribution in [2.75, 3.05) is 19.5 Å². The number of carbonyl (C=O) groups is 1. The maximum atomic E-state index is 12.6. The summed E-state index contributed by atoms with van der Waals surface area (Å²) in [4.78, 5) is 23.4. The Balaban J connectivity index is 1.68. The number of nitrogens with one attached hydrogen (secondary N) is 1. The molecule has 0 saturated heterocycles. The van der Waals surface area contributed by atoms with Crippen LogP contribution in [0.2, 0.25) is 0 Å². The quantitative estimate of drug-likeness (QED) is 0.406. The minimum Gasteiger partial charge on any atom is -0.493 e. The molecule has 0 aliphatic carbocycles. The summed E-state index contributed by atoms with van der Waals surface area (Å²) in [5.41, 5.74) is 0.701. The Morgan fingerprint density at radius 2 is 1.80 bits per heavy atom. The Morgan fingerprint density at radius 3 is 2.47 bits per heavy atom. The number of aromatic nitrogens is 2. The standard InChI is InChI=1S/C20H20N4O5S/c1-28-16-11-14(15(24(26)27)12-17(16)29-2)19(25)21-20-23-22-18(30-20)10-6-9-13-7-4-3-5-8-13/h3-5,7-8,11-12H,6,9-10H2,1-2H3,(H,21,23,25). The second-order valence-corrected chi connectivity index (χ2v) is 7.34. The van der Waals surface area contributed by atoms with Crippen molar-refractivity contribution in [2.24, 2.45) is 0 Å². The third-order valence-corrected chi connectivity index (χ3v) is 5.23. The Hall–Kier alpha value is -3.53. The second-order valence-electron chi connectivity index (χ2n) is 6.28. The number of hydrogen-bond acceptors (Lipinski definition) is 8. The van der Waals surface area contributed by atoms with Crippen molar-refractivity contribution < 1.29 is 19.2 Å². The number of nitro benzene ring substituents is 1. The summed E-state index contributed by atoms with van der Waals surface area (Å²) in [7, 11) is 2.75. The number of ether oxygens (including phenoxy) is 2. The van der Waals surface area contributed by atoms with Crippen LogP contribution in [0.3, 0.4) is 0 Å². The minimum atomic E-state index is -0.672. The molecular formula is C20H20N4O5S. The molecule has 2 aromatic carbocycles. The van der Waals surface area contributed by atoms with E-state index in [1.807, 2.05) is 18.2 Å². The van der Waals surface area contributed by atoms with Crippen molar-refractivity contribution in [3.8, 4) is 11.5 Å². The monoisotopic (exact) mass is 428 g/mol. The largest absolute Gasteiger partial charge is 0.493 e. The zero-order valence-electron chi connectivity index (χ0n) is 16.5. The topological polar surface area (TPSA) is 116 Å². The fourth-order valence-corrected chi connectivity index (χ4v) is 3.64. The summed E-state index contributed by atoms with van der Waals surface area (Å²) in [5.74, 6) is -0.292. The van der Waals surface area contributed by atoms with Crippen molar-refractivity contribution >= 4 is 28.1 Å². The predicted molar refractivity (Wildman–Crippen MR) is 113 cm³/mol. The number of hydrogen-bond donors (Lipinski definition) is 1. The van der Waals surface area contributed by atoms with Crippen LogP contribution < -0.4 is 14.8 Å². The molecule has 0 spiro atoms. The Bertz CT molecular complexity index is 1040. The van der Waals surface area contributed by atoms with Crippen LogP contribution >= 0.6 is 11.3 Å². The molecule has 0 bridgehead atoms. The lowest BCUT2D eigenvalue weighted by molar-refractivity contribution is -0.385. The lowest BCUT2D eigenvalue weighted by Crippen LogP contribution is -2.14. The van der Waals surface area contributed by atoms with Gasteiger partial charge in [-0.15, -0.1) is 10.2 Å². The first-order valence-electron chi connectivity index (χ1n) is 9.10. The number of aryl methyl sites for hydroxylation is 2. The molecular weight excluding hydrogens is 408 g/mol. The molecule has 1 aromatic heterocycles. The highest BCUT2D eigenvalue weighted by atomic mass is 32.1. The lowest BCUT2D eigenvalue weighted by atomic mass is 10.1. The summed E-state index contributed by atoms with van der Waals surface area (Å²) in [5, 5.41) is 23.1. The molecule has 1 heterocycles. The predicted octanol–water partition coefficient (Wildman–Crippen LogP) is 3.89. The molecule has 0 aliphatic rings. The summed E-state index contributed by atoms with van der Waals surface area (Å²) < 4.78 is 10.2. The van der Waals surface area contributed by atoms with Gasteiger partial charge in [0.05, 0.1) is 25.2 Å². The Labute approximate surface area is 176 Å². The van der Waals surface area contributed by atoms with Gasteiger partial charge in [0.2, 0.25) is 5.13 Å². The van der Waals surface area contributed by atoms with E-state index in [-0.39, 0.29) is 22.2 Å². The molecule has 9 nitrogen and oxygen atoms in total. The molecule has 30 heavy (non-hydrogen) atoms. The zero-order chi connectivity index (χ0) is 21.5. The van der Waals surface area contributed by atoms with Gasteiger partial charge in [-0.1, -0.05) is 41.7 Å². The molecule has 1 N–H and O–H groups in total. The summed E-state index contributed by atoms with van der Waals surface area (Å²) >= 11 is 1.24. The van der Waals surface area contributed by atoms with E-state index in [9.17, 15) is 14.9 Å². The molecule has 0 unspecified atom stereocenters. The first kappa shape index (κ1) is 21.2. The van der Waals surface area contributed by atoms with E-state index < -0.39 is 16.5 Å². The van der Waals surface area contributed by atoms with Crippen LogP contribution in [0.1, 0.15) is 27.3 Å². The van der Waals surface area contributed by atoms with Crippen molar-refractivity contribution in [1.82, 2.24) is 10.2 Å². The van der Waals surface area contributed by atoms with E-state index in [0.29, 0.717) is 0 Å². The van der Waals surface area contributed by atoms with Crippen molar-refractivity contribution in [3.05, 3.63) is 68.7 Å². The van der Waals surface area contributed by atoms with Crippen LogP contribution in [0.5, 0.6) is 11.5 Å². The Kier molecular flexibility index (Phi) is 6.91. The normalized spacial score (nSPS) is 10.5. The molecule has 10 heteroatoms. The van der Waals surface area contributed by atoms with E-state index in [0.717, 1.165) is 30.3 Å². The first-order chi connectivity index (χ1) is 14.5. The van der Waals surface area contributed by atoms with Crippen LogP contribution in [0.4, 0.5) is 10.8 Å². The SMILES string of the molecule is COc1cc(C(=O)Nc2nnc(CCCc3ccccc3)s2)c([N+](=O)[O-])cc1OC. The molecule has 3 rings (SSSR count). The van der Waals surface area contributed by atoms with E-state index >= 15 is 0 Å². The van der Waals surface area contributed by atoms with Gasteiger partial charge in [0.25, 0.3) is 11.6 Å². The number of benzene rings is 2. The number of nitro groups is 1. The van der Waals surface area contributed by atoms with Gasteiger partial charge >= 0.3 is 0 Å². The van der Waals surface area contributed by atoms with Gasteiger partial charge in [0.15, 0.2) is 11.5 Å². The average molecular weight is 428 g/mol. The van der Waals surface area contributed by atoms with Gasteiger partial charge in [0.1, 0.15) is 10.6 Å². The molecule has 0 fully saturated rings. The van der Waals surface area contributed by atoms with Gasteiger partial charge in [-0.3, -0.25) is 20.2 Å². The lowest BCUT2D eigenvalue weighted by Gasteiger charge is -2.10. The fraction of sp³-hybridized carbons (Fsp3) is 0.250. The first-order valence-corrected chi connectivity index (χ1v) is 9.91. The third-order valence-electron chi connectivity index (χ3n) is 4.33. The highest BCUT2D eigenvalue weighted by Crippen LogP contribution is 2.35. The molecule has 3 aromatic rings. The minimum absolute atomic E-state index is 0.154. The van der Waals surface area contributed by atoms with Gasteiger partial charge in [-0.25, -0.2) is 0 Å². The third kappa shape index (κ3) is 5.09. The van der Waals surface area contributed by atoms with Crippen LogP contribution in [-0.4, -0.2) is 35.2 Å². The van der Waals surface area contributed by atoms with E-state index in [2.05, 4.69) is 27.6 Å². The number of methoxy groups -OCH3 is 2. The van der Waals surface area contributed by atoms with Crippen LogP contribution in [0.15, 0.2) is 42.5 Å².